The van der Waals surface area contributed by atoms with Crippen LogP contribution in [0.25, 0.3) is 0 Å². The zero-order valence-corrected chi connectivity index (χ0v) is 11.7. The molecule has 6 heteroatoms. The molecule has 18 heavy (non-hydrogen) atoms. The van der Waals surface area contributed by atoms with Gasteiger partial charge in [0.2, 0.25) is 5.91 Å². The van der Waals surface area contributed by atoms with E-state index in [0.717, 1.165) is 13.0 Å². The van der Waals surface area contributed by atoms with Crippen LogP contribution < -0.4 is 10.6 Å². The number of carbonyl (C=O) groups is 1. The van der Waals surface area contributed by atoms with Crippen molar-refractivity contribution in [3.63, 3.8) is 0 Å². The molecule has 2 fully saturated rings. The Hall–Kier alpha value is -0.620. The predicted molar refractivity (Wildman–Crippen MR) is 70.0 cm³/mol. The van der Waals surface area contributed by atoms with Crippen molar-refractivity contribution in [2.45, 2.75) is 38.6 Å². The second-order valence-corrected chi connectivity index (χ2v) is 7.83. The molecular formula is C12H22N2O3S. The minimum Gasteiger partial charge on any atom is -0.355 e. The molecule has 1 unspecified atom stereocenters. The van der Waals surface area contributed by atoms with Crippen molar-refractivity contribution >= 4 is 15.7 Å². The molecule has 1 amide bonds. The second kappa shape index (κ2) is 5.17. The first kappa shape index (κ1) is 13.8. The Kier molecular flexibility index (Phi) is 3.96. The van der Waals surface area contributed by atoms with Crippen LogP contribution in [0.3, 0.4) is 0 Å². The van der Waals surface area contributed by atoms with Crippen LogP contribution in [-0.2, 0) is 14.6 Å². The van der Waals surface area contributed by atoms with Crippen LogP contribution in [0.5, 0.6) is 0 Å². The molecule has 1 aliphatic carbocycles. The number of rotatable bonds is 5. The van der Waals surface area contributed by atoms with E-state index in [2.05, 4.69) is 17.6 Å². The Morgan fingerprint density at radius 3 is 2.72 bits per heavy atom. The lowest BCUT2D eigenvalue weighted by molar-refractivity contribution is -0.121. The minimum atomic E-state index is -2.96. The number of sulfone groups is 1. The van der Waals surface area contributed by atoms with E-state index in [-0.39, 0.29) is 29.9 Å². The van der Waals surface area contributed by atoms with E-state index in [1.807, 2.05) is 0 Å². The summed E-state index contributed by atoms with van der Waals surface area (Å²) in [6.45, 7) is 3.34. The number of carbonyl (C=O) groups excluding carboxylic acids is 1. The van der Waals surface area contributed by atoms with Crippen molar-refractivity contribution in [2.75, 3.05) is 24.6 Å². The van der Waals surface area contributed by atoms with E-state index in [0.29, 0.717) is 12.0 Å². The standard InChI is InChI=1S/C12H22N2O3S/c1-2-12(3-4-12)9-14-11(15)7-10-8-18(16,17)6-5-13-10/h10,13H,2-9H2,1H3,(H,14,15). The first-order valence-electron chi connectivity index (χ1n) is 6.65. The van der Waals surface area contributed by atoms with Crippen LogP contribution in [0.15, 0.2) is 0 Å². The molecule has 0 aromatic carbocycles. The van der Waals surface area contributed by atoms with Gasteiger partial charge in [0.1, 0.15) is 0 Å². The average molecular weight is 274 g/mol. The Morgan fingerprint density at radius 1 is 1.44 bits per heavy atom. The van der Waals surface area contributed by atoms with Gasteiger partial charge < -0.3 is 10.6 Å². The monoisotopic (exact) mass is 274 g/mol. The maximum atomic E-state index is 11.8. The van der Waals surface area contributed by atoms with Gasteiger partial charge in [0, 0.05) is 25.6 Å². The molecule has 104 valence electrons. The summed E-state index contributed by atoms with van der Waals surface area (Å²) < 4.78 is 22.9. The fourth-order valence-electron chi connectivity index (χ4n) is 2.41. The quantitative estimate of drug-likeness (QED) is 0.744. The van der Waals surface area contributed by atoms with Crippen molar-refractivity contribution in [3.05, 3.63) is 0 Å². The van der Waals surface area contributed by atoms with Gasteiger partial charge in [-0.05, 0) is 24.7 Å². The Bertz CT molecular complexity index is 415. The van der Waals surface area contributed by atoms with Crippen molar-refractivity contribution in [1.29, 1.82) is 0 Å². The molecule has 1 saturated carbocycles. The van der Waals surface area contributed by atoms with E-state index < -0.39 is 9.84 Å². The maximum absolute atomic E-state index is 11.8. The van der Waals surface area contributed by atoms with Gasteiger partial charge in [-0.3, -0.25) is 4.79 Å². The first-order chi connectivity index (χ1) is 8.45. The van der Waals surface area contributed by atoms with Gasteiger partial charge >= 0.3 is 0 Å². The van der Waals surface area contributed by atoms with Crippen LogP contribution in [0, 0.1) is 5.41 Å². The maximum Gasteiger partial charge on any atom is 0.221 e. The average Bonchev–Trinajstić information content (AvgIpc) is 3.06. The molecule has 0 spiro atoms. The number of amides is 1. The molecule has 0 radical (unpaired) electrons. The topological polar surface area (TPSA) is 75.3 Å². The lowest BCUT2D eigenvalue weighted by Gasteiger charge is -2.23. The van der Waals surface area contributed by atoms with Crippen LogP contribution in [0.2, 0.25) is 0 Å². The van der Waals surface area contributed by atoms with Gasteiger partial charge in [0.25, 0.3) is 0 Å². The normalized spacial score (nSPS) is 28.6. The smallest absolute Gasteiger partial charge is 0.221 e. The molecule has 1 atom stereocenters. The zero-order chi connectivity index (χ0) is 13.2. The molecule has 1 aliphatic heterocycles. The van der Waals surface area contributed by atoms with Gasteiger partial charge in [-0.25, -0.2) is 8.42 Å². The number of nitrogens with one attached hydrogen (secondary N) is 2. The Morgan fingerprint density at radius 2 is 2.17 bits per heavy atom. The van der Waals surface area contributed by atoms with E-state index >= 15 is 0 Å². The van der Waals surface area contributed by atoms with Crippen LogP contribution in [0.1, 0.15) is 32.6 Å². The predicted octanol–water partition coefficient (Wildman–Crippen LogP) is 0.0695. The molecule has 1 saturated heterocycles. The molecule has 2 N–H and O–H groups in total. The van der Waals surface area contributed by atoms with Crippen molar-refractivity contribution < 1.29 is 13.2 Å². The van der Waals surface area contributed by atoms with E-state index in [1.54, 1.807) is 0 Å². The molecule has 2 rings (SSSR count). The summed E-state index contributed by atoms with van der Waals surface area (Å²) >= 11 is 0. The number of hydrogen-bond donors (Lipinski definition) is 2. The fourth-order valence-corrected chi connectivity index (χ4v) is 3.86. The zero-order valence-electron chi connectivity index (χ0n) is 10.9. The molecule has 0 aromatic rings. The highest BCUT2D eigenvalue weighted by Gasteiger charge is 2.40. The summed E-state index contributed by atoms with van der Waals surface area (Å²) in [4.78, 5) is 11.8. The molecule has 1 heterocycles. The summed E-state index contributed by atoms with van der Waals surface area (Å²) in [7, 11) is -2.96. The molecular weight excluding hydrogens is 252 g/mol. The molecule has 5 nitrogen and oxygen atoms in total. The van der Waals surface area contributed by atoms with E-state index in [9.17, 15) is 13.2 Å². The summed E-state index contributed by atoms with van der Waals surface area (Å²) in [5.41, 5.74) is 0.335. The fraction of sp³-hybridized carbons (Fsp3) is 0.917. The van der Waals surface area contributed by atoms with Crippen molar-refractivity contribution in [2.24, 2.45) is 5.41 Å². The van der Waals surface area contributed by atoms with Gasteiger partial charge in [-0.1, -0.05) is 6.92 Å². The van der Waals surface area contributed by atoms with Crippen molar-refractivity contribution in [1.82, 2.24) is 10.6 Å². The van der Waals surface area contributed by atoms with Crippen molar-refractivity contribution in [3.8, 4) is 0 Å². The van der Waals surface area contributed by atoms with Gasteiger partial charge in [-0.15, -0.1) is 0 Å². The van der Waals surface area contributed by atoms with E-state index in [1.165, 1.54) is 12.8 Å². The van der Waals surface area contributed by atoms with Crippen LogP contribution in [0.4, 0.5) is 0 Å². The lowest BCUT2D eigenvalue weighted by atomic mass is 10.0. The lowest BCUT2D eigenvalue weighted by Crippen LogP contribution is -2.47. The second-order valence-electron chi connectivity index (χ2n) is 5.60. The summed E-state index contributed by atoms with van der Waals surface area (Å²) in [6, 6.07) is -0.222. The molecule has 0 aromatic heterocycles. The Balaban J connectivity index is 1.74. The first-order valence-corrected chi connectivity index (χ1v) is 8.47. The van der Waals surface area contributed by atoms with Crippen LogP contribution >= 0.6 is 0 Å². The highest BCUT2D eigenvalue weighted by atomic mass is 32.2. The third kappa shape index (κ3) is 3.68. The largest absolute Gasteiger partial charge is 0.355 e. The van der Waals surface area contributed by atoms with Crippen LogP contribution in [-0.4, -0.2) is 45.0 Å². The highest BCUT2D eigenvalue weighted by Crippen LogP contribution is 2.47. The van der Waals surface area contributed by atoms with Gasteiger partial charge in [0.15, 0.2) is 9.84 Å². The number of hydrogen-bond acceptors (Lipinski definition) is 4. The summed E-state index contributed by atoms with van der Waals surface area (Å²) in [6.07, 6.45) is 3.75. The SMILES string of the molecule is CCC1(CNC(=O)CC2CS(=O)(=O)CCN2)CC1. The van der Waals surface area contributed by atoms with Gasteiger partial charge in [-0.2, -0.15) is 0 Å². The summed E-state index contributed by atoms with van der Waals surface area (Å²) in [5.74, 6) is 0.230. The third-order valence-corrected chi connectivity index (χ3v) is 5.84. The van der Waals surface area contributed by atoms with E-state index in [4.69, 9.17) is 0 Å². The summed E-state index contributed by atoms with van der Waals surface area (Å²) in [5, 5.41) is 6.03. The Labute approximate surface area is 109 Å². The molecule has 2 aliphatic rings. The minimum absolute atomic E-state index is 0.0377. The molecule has 0 bridgehead atoms. The third-order valence-electron chi connectivity index (χ3n) is 4.10. The van der Waals surface area contributed by atoms with Gasteiger partial charge in [0.05, 0.1) is 11.5 Å². The highest BCUT2D eigenvalue weighted by molar-refractivity contribution is 7.91.